The maximum Gasteiger partial charge on any atom is 0.308 e. The molecule has 2 unspecified atom stereocenters. The van der Waals surface area contributed by atoms with Crippen molar-refractivity contribution in [3.63, 3.8) is 0 Å². The smallest absolute Gasteiger partial charge is 0.308 e. The molecule has 20 heavy (non-hydrogen) atoms. The molecule has 112 valence electrons. The molecule has 2 rings (SSSR count). The topological polar surface area (TPSA) is 94.9 Å². The summed E-state index contributed by atoms with van der Waals surface area (Å²) < 4.78 is 26.3. The summed E-state index contributed by atoms with van der Waals surface area (Å²) in [7, 11) is -3.57. The number of carbonyl (C=O) groups is 1. The Morgan fingerprint density at radius 2 is 2.25 bits per heavy atom. The van der Waals surface area contributed by atoms with Gasteiger partial charge in [0.2, 0.25) is 0 Å². The van der Waals surface area contributed by atoms with Crippen LogP contribution in [-0.2, 0) is 21.2 Å². The second-order valence-electron chi connectivity index (χ2n) is 4.94. The van der Waals surface area contributed by atoms with Crippen LogP contribution in [0.2, 0.25) is 0 Å². The van der Waals surface area contributed by atoms with Crippen molar-refractivity contribution in [2.75, 3.05) is 13.1 Å². The van der Waals surface area contributed by atoms with Crippen LogP contribution in [0.1, 0.15) is 18.2 Å². The molecule has 0 amide bonds. The van der Waals surface area contributed by atoms with Crippen molar-refractivity contribution in [3.8, 4) is 0 Å². The van der Waals surface area contributed by atoms with E-state index in [1.165, 1.54) is 16.4 Å². The number of carboxylic acids is 1. The average molecular weight is 319 g/mol. The van der Waals surface area contributed by atoms with E-state index in [4.69, 9.17) is 5.11 Å². The lowest BCUT2D eigenvalue weighted by Gasteiger charge is -2.16. The first-order chi connectivity index (χ1) is 9.30. The maximum absolute atomic E-state index is 12.4. The van der Waals surface area contributed by atoms with Gasteiger partial charge in [-0.1, -0.05) is 0 Å². The minimum absolute atomic E-state index is 0.0387. The Bertz CT molecular complexity index is 593. The molecule has 0 saturated carbocycles. The van der Waals surface area contributed by atoms with E-state index in [1.54, 1.807) is 6.92 Å². The predicted octanol–water partition coefficient (Wildman–Crippen LogP) is 0.767. The van der Waals surface area contributed by atoms with Gasteiger partial charge in [-0.2, -0.15) is 4.31 Å². The Labute approximate surface area is 121 Å². The Morgan fingerprint density at radius 3 is 2.80 bits per heavy atom. The molecule has 1 aliphatic rings. The van der Waals surface area contributed by atoms with Crippen LogP contribution in [0.25, 0.3) is 0 Å². The van der Waals surface area contributed by atoms with E-state index < -0.39 is 22.1 Å². The van der Waals surface area contributed by atoms with Gasteiger partial charge < -0.3 is 10.2 Å². The minimum Gasteiger partial charge on any atom is -0.481 e. The number of hydrogen-bond donors (Lipinski definition) is 2. The summed E-state index contributed by atoms with van der Waals surface area (Å²) in [6.45, 7) is 2.37. The van der Waals surface area contributed by atoms with Gasteiger partial charge in [-0.3, -0.25) is 4.79 Å². The molecular weight excluding hydrogens is 302 g/mol. The SMILES string of the molecule is CC(O)C1CCN(S(=O)(=O)c2ccc(CC(=O)O)s2)C1. The molecule has 1 aromatic rings. The molecule has 1 aromatic heterocycles. The lowest BCUT2D eigenvalue weighted by atomic mass is 10.0. The molecule has 0 aliphatic carbocycles. The lowest BCUT2D eigenvalue weighted by molar-refractivity contribution is -0.136. The Balaban J connectivity index is 2.15. The van der Waals surface area contributed by atoms with Crippen molar-refractivity contribution in [2.24, 2.45) is 5.92 Å². The van der Waals surface area contributed by atoms with Crippen molar-refractivity contribution in [1.29, 1.82) is 0 Å². The van der Waals surface area contributed by atoms with Gasteiger partial charge in [-0.25, -0.2) is 8.42 Å². The molecule has 1 aliphatic heterocycles. The van der Waals surface area contributed by atoms with Gasteiger partial charge in [0.15, 0.2) is 0 Å². The van der Waals surface area contributed by atoms with Crippen molar-refractivity contribution in [2.45, 2.75) is 30.1 Å². The Hall–Kier alpha value is -0.960. The van der Waals surface area contributed by atoms with Gasteiger partial charge in [0, 0.05) is 18.0 Å². The largest absolute Gasteiger partial charge is 0.481 e. The number of nitrogens with zero attached hydrogens (tertiary/aromatic N) is 1. The van der Waals surface area contributed by atoms with Crippen LogP contribution in [-0.4, -0.2) is 48.1 Å². The van der Waals surface area contributed by atoms with Crippen LogP contribution in [0.3, 0.4) is 0 Å². The molecular formula is C12H17NO5S2. The number of carboxylic acid groups (broad SMARTS) is 1. The quantitative estimate of drug-likeness (QED) is 0.836. The molecule has 2 heterocycles. The third kappa shape index (κ3) is 3.20. The maximum atomic E-state index is 12.4. The molecule has 2 N–H and O–H groups in total. The summed E-state index contributed by atoms with van der Waals surface area (Å²) in [5.74, 6) is -1.02. The molecule has 1 fully saturated rings. The molecule has 0 aromatic carbocycles. The predicted molar refractivity (Wildman–Crippen MR) is 74.2 cm³/mol. The summed E-state index contributed by atoms with van der Waals surface area (Å²) >= 11 is 0.992. The number of aliphatic hydroxyl groups is 1. The van der Waals surface area contributed by atoms with Crippen LogP contribution in [0.5, 0.6) is 0 Å². The first-order valence-electron chi connectivity index (χ1n) is 6.29. The van der Waals surface area contributed by atoms with Crippen molar-refractivity contribution < 1.29 is 23.4 Å². The van der Waals surface area contributed by atoms with E-state index in [0.717, 1.165) is 11.3 Å². The fourth-order valence-electron chi connectivity index (χ4n) is 2.23. The standard InChI is InChI=1S/C12H17NO5S2/c1-8(14)9-4-5-13(7-9)20(17,18)12-3-2-10(19-12)6-11(15)16/h2-3,8-9,14H,4-7H2,1H3,(H,15,16). The van der Waals surface area contributed by atoms with Crippen molar-refractivity contribution >= 4 is 27.3 Å². The molecule has 8 heteroatoms. The highest BCUT2D eigenvalue weighted by Gasteiger charge is 2.35. The number of aliphatic carboxylic acids is 1. The summed E-state index contributed by atoms with van der Waals surface area (Å²) in [6.07, 6.45) is -0.0538. The molecule has 0 radical (unpaired) electrons. The first-order valence-corrected chi connectivity index (χ1v) is 8.55. The van der Waals surface area contributed by atoms with Gasteiger partial charge in [-0.05, 0) is 31.4 Å². The second kappa shape index (κ2) is 5.80. The zero-order chi connectivity index (χ0) is 14.9. The van der Waals surface area contributed by atoms with Crippen LogP contribution in [0.4, 0.5) is 0 Å². The lowest BCUT2D eigenvalue weighted by Crippen LogP contribution is -2.30. The first kappa shape index (κ1) is 15.4. The summed E-state index contributed by atoms with van der Waals surface area (Å²) in [5.41, 5.74) is 0. The van der Waals surface area contributed by atoms with Gasteiger partial charge in [-0.15, -0.1) is 11.3 Å². The highest BCUT2D eigenvalue weighted by Crippen LogP contribution is 2.30. The Morgan fingerprint density at radius 1 is 1.55 bits per heavy atom. The monoisotopic (exact) mass is 319 g/mol. The number of rotatable bonds is 5. The summed E-state index contributed by atoms with van der Waals surface area (Å²) in [6, 6.07) is 2.99. The summed E-state index contributed by atoms with van der Waals surface area (Å²) in [5, 5.41) is 18.2. The van der Waals surface area contributed by atoms with E-state index in [9.17, 15) is 18.3 Å². The van der Waals surface area contributed by atoms with Crippen LogP contribution in [0, 0.1) is 5.92 Å². The third-order valence-electron chi connectivity index (χ3n) is 3.43. The highest BCUT2D eigenvalue weighted by atomic mass is 32.2. The number of hydrogen-bond acceptors (Lipinski definition) is 5. The van der Waals surface area contributed by atoms with Gasteiger partial charge in [0.05, 0.1) is 12.5 Å². The molecule has 0 bridgehead atoms. The fourth-order valence-corrected chi connectivity index (χ4v) is 5.25. The van der Waals surface area contributed by atoms with Gasteiger partial charge >= 0.3 is 5.97 Å². The normalized spacial score (nSPS) is 22.0. The fraction of sp³-hybridized carbons (Fsp3) is 0.583. The molecule has 2 atom stereocenters. The zero-order valence-corrected chi connectivity index (χ0v) is 12.7. The minimum atomic E-state index is -3.57. The Kier molecular flexibility index (Phi) is 4.48. The highest BCUT2D eigenvalue weighted by molar-refractivity contribution is 7.91. The van der Waals surface area contributed by atoms with E-state index in [0.29, 0.717) is 24.4 Å². The van der Waals surface area contributed by atoms with Crippen molar-refractivity contribution in [1.82, 2.24) is 4.31 Å². The average Bonchev–Trinajstić information content (AvgIpc) is 2.95. The van der Waals surface area contributed by atoms with Crippen LogP contribution in [0.15, 0.2) is 16.3 Å². The zero-order valence-electron chi connectivity index (χ0n) is 11.0. The molecule has 6 nitrogen and oxygen atoms in total. The molecule has 1 saturated heterocycles. The third-order valence-corrected chi connectivity index (χ3v) is 6.84. The van der Waals surface area contributed by atoms with Gasteiger partial charge in [0.1, 0.15) is 4.21 Å². The van der Waals surface area contributed by atoms with E-state index in [2.05, 4.69) is 0 Å². The second-order valence-corrected chi connectivity index (χ2v) is 8.28. The number of aliphatic hydroxyl groups excluding tert-OH is 1. The van der Waals surface area contributed by atoms with Gasteiger partial charge in [0.25, 0.3) is 10.0 Å². The molecule has 0 spiro atoms. The summed E-state index contributed by atoms with van der Waals surface area (Å²) in [4.78, 5) is 11.1. The van der Waals surface area contributed by atoms with Crippen molar-refractivity contribution in [3.05, 3.63) is 17.0 Å². The number of sulfonamides is 1. The number of thiophene rings is 1. The van der Waals surface area contributed by atoms with E-state index in [-0.39, 0.29) is 16.5 Å². The van der Waals surface area contributed by atoms with E-state index >= 15 is 0 Å². The van der Waals surface area contributed by atoms with E-state index in [1.807, 2.05) is 0 Å². The van der Waals surface area contributed by atoms with Crippen LogP contribution < -0.4 is 0 Å². The van der Waals surface area contributed by atoms with Crippen LogP contribution >= 0.6 is 11.3 Å².